The number of nitrogens with zero attached hydrogens (tertiary/aromatic N) is 2. The molecule has 0 spiro atoms. The lowest BCUT2D eigenvalue weighted by atomic mass is 10.1. The summed E-state index contributed by atoms with van der Waals surface area (Å²) in [5.74, 6) is 0. The monoisotopic (exact) mass is 554 g/mol. The Hall–Kier alpha value is -5.43. The van der Waals surface area contributed by atoms with Crippen LogP contribution in [0.15, 0.2) is 176 Å². The molecule has 0 N–H and O–H groups in total. The molecule has 2 nitrogen and oxygen atoms in total. The van der Waals surface area contributed by atoms with Gasteiger partial charge in [0.15, 0.2) is 8.07 Å². The number of hydrogen-bond donors (Lipinski definition) is 0. The second-order valence-electron chi connectivity index (χ2n) is 10.2. The van der Waals surface area contributed by atoms with Crippen molar-refractivity contribution in [1.29, 1.82) is 5.26 Å². The van der Waals surface area contributed by atoms with Gasteiger partial charge in [-0.05, 0) is 69.7 Å². The third-order valence-electron chi connectivity index (χ3n) is 7.63. The fourth-order valence-corrected chi connectivity index (χ4v) is 9.73. The first kappa shape index (κ1) is 26.8. The van der Waals surface area contributed by atoms with E-state index in [0.717, 1.165) is 22.6 Å². The van der Waals surface area contributed by atoms with Crippen LogP contribution in [0.5, 0.6) is 0 Å². The van der Waals surface area contributed by atoms with Crippen LogP contribution in [0.4, 0.5) is 17.1 Å². The van der Waals surface area contributed by atoms with Gasteiger partial charge in [-0.25, -0.2) is 0 Å². The van der Waals surface area contributed by atoms with Crippen LogP contribution in [-0.4, -0.2) is 8.07 Å². The van der Waals surface area contributed by atoms with Crippen LogP contribution < -0.4 is 20.5 Å². The molecule has 42 heavy (non-hydrogen) atoms. The maximum Gasteiger partial charge on any atom is 0.172 e. The molecule has 0 unspecified atom stereocenters. The molecule has 6 aromatic carbocycles. The van der Waals surface area contributed by atoms with E-state index in [1.54, 1.807) is 0 Å². The van der Waals surface area contributed by atoms with E-state index in [-0.39, 0.29) is 0 Å². The fraction of sp³-hybridized carbons (Fsp3) is 0. The Morgan fingerprint density at radius 3 is 1.26 bits per heavy atom. The second-order valence-corrected chi connectivity index (χ2v) is 13.8. The van der Waals surface area contributed by atoms with E-state index < -0.39 is 8.07 Å². The Balaban J connectivity index is 1.42. The smallest absolute Gasteiger partial charge is 0.172 e. The first-order chi connectivity index (χ1) is 20.8. The van der Waals surface area contributed by atoms with Gasteiger partial charge in [0.25, 0.3) is 0 Å². The molecule has 0 aromatic heterocycles. The molecule has 0 bridgehead atoms. The second kappa shape index (κ2) is 12.4. The highest BCUT2D eigenvalue weighted by atomic mass is 28.3. The molecule has 0 saturated heterocycles. The highest BCUT2D eigenvalue weighted by Crippen LogP contribution is 2.34. The minimum absolute atomic E-state index is 0.648. The summed E-state index contributed by atoms with van der Waals surface area (Å²) < 4.78 is 0. The van der Waals surface area contributed by atoms with Gasteiger partial charge in [-0.3, -0.25) is 0 Å². The maximum absolute atomic E-state index is 9.29. The van der Waals surface area contributed by atoms with E-state index in [2.05, 4.69) is 150 Å². The molecule has 0 aliphatic carbocycles. The molecular weight excluding hydrogens is 525 g/mol. The average Bonchev–Trinajstić information content (AvgIpc) is 3.08. The van der Waals surface area contributed by atoms with E-state index in [1.807, 2.05) is 42.5 Å². The molecule has 6 aromatic rings. The van der Waals surface area contributed by atoms with Gasteiger partial charge in [0.05, 0.1) is 11.6 Å². The van der Waals surface area contributed by atoms with E-state index in [9.17, 15) is 5.26 Å². The van der Waals surface area contributed by atoms with E-state index >= 15 is 0 Å². The number of anilines is 3. The number of hydrogen-bond acceptors (Lipinski definition) is 2. The van der Waals surface area contributed by atoms with Crippen molar-refractivity contribution in [2.75, 3.05) is 4.90 Å². The maximum atomic E-state index is 9.29. The van der Waals surface area contributed by atoms with Crippen molar-refractivity contribution in [2.45, 2.75) is 0 Å². The largest absolute Gasteiger partial charge is 0.311 e. The van der Waals surface area contributed by atoms with Crippen molar-refractivity contribution in [1.82, 2.24) is 0 Å². The minimum Gasteiger partial charge on any atom is -0.311 e. The van der Waals surface area contributed by atoms with Crippen LogP contribution in [0.25, 0.3) is 6.08 Å². The summed E-state index contributed by atoms with van der Waals surface area (Å²) in [5.41, 5.74) is 7.39. The first-order valence-electron chi connectivity index (χ1n) is 14.1. The molecule has 0 atom stereocenters. The number of para-hydroxylation sites is 1. The normalized spacial score (nSPS) is 11.2. The van der Waals surface area contributed by atoms with Gasteiger partial charge < -0.3 is 4.90 Å². The van der Waals surface area contributed by atoms with Gasteiger partial charge in [0.2, 0.25) is 0 Å². The Morgan fingerprint density at radius 1 is 0.452 bits per heavy atom. The summed E-state index contributed by atoms with van der Waals surface area (Å²) >= 11 is 0. The molecule has 0 fully saturated rings. The van der Waals surface area contributed by atoms with Crippen molar-refractivity contribution in [3.8, 4) is 6.07 Å². The molecule has 0 aliphatic rings. The van der Waals surface area contributed by atoms with Crippen molar-refractivity contribution < 1.29 is 0 Å². The lowest BCUT2D eigenvalue weighted by Gasteiger charge is -2.30. The topological polar surface area (TPSA) is 27.0 Å². The van der Waals surface area contributed by atoms with Crippen LogP contribution >= 0.6 is 0 Å². The standard InChI is InChI=1S/C39H30N2Si/c40-31-33-23-27-36(28-24-33)41(34-13-5-1-6-14-34)35-25-21-32(22-26-35)29-30-42(37-15-7-2-8-16-37,38-17-9-3-10-18-38)39-19-11-4-12-20-39/h1-30H/b30-29+. The summed E-state index contributed by atoms with van der Waals surface area (Å²) in [4.78, 5) is 2.21. The Labute approximate surface area is 249 Å². The lowest BCUT2D eigenvalue weighted by molar-refractivity contribution is 1.28. The minimum atomic E-state index is -2.47. The van der Waals surface area contributed by atoms with Gasteiger partial charge in [0.1, 0.15) is 0 Å². The van der Waals surface area contributed by atoms with Gasteiger partial charge in [0, 0.05) is 17.1 Å². The van der Waals surface area contributed by atoms with Crippen molar-refractivity contribution in [3.05, 3.63) is 187 Å². The molecule has 0 heterocycles. The highest BCUT2D eigenvalue weighted by molar-refractivity contribution is 7.15. The molecule has 3 heteroatoms. The van der Waals surface area contributed by atoms with E-state index in [1.165, 1.54) is 15.6 Å². The summed E-state index contributed by atoms with van der Waals surface area (Å²) in [6, 6.07) is 61.8. The van der Waals surface area contributed by atoms with Gasteiger partial charge in [-0.1, -0.05) is 133 Å². The van der Waals surface area contributed by atoms with Crippen LogP contribution in [-0.2, 0) is 0 Å². The fourth-order valence-electron chi connectivity index (χ4n) is 5.56. The van der Waals surface area contributed by atoms with Crippen LogP contribution in [0.1, 0.15) is 11.1 Å². The zero-order chi connectivity index (χ0) is 28.6. The van der Waals surface area contributed by atoms with Crippen LogP contribution in [0.3, 0.4) is 0 Å². The van der Waals surface area contributed by atoms with Crippen molar-refractivity contribution in [2.24, 2.45) is 0 Å². The van der Waals surface area contributed by atoms with Gasteiger partial charge >= 0.3 is 0 Å². The van der Waals surface area contributed by atoms with Crippen LogP contribution in [0.2, 0.25) is 0 Å². The lowest BCUT2D eigenvalue weighted by Crippen LogP contribution is -2.66. The number of nitriles is 1. The zero-order valence-corrected chi connectivity index (χ0v) is 24.2. The summed E-state index contributed by atoms with van der Waals surface area (Å²) in [6.45, 7) is 0. The molecule has 6 rings (SSSR count). The highest BCUT2D eigenvalue weighted by Gasteiger charge is 2.36. The first-order valence-corrected chi connectivity index (χ1v) is 16.2. The summed E-state index contributed by atoms with van der Waals surface area (Å²) in [7, 11) is -2.47. The number of rotatable bonds is 8. The summed E-state index contributed by atoms with van der Waals surface area (Å²) in [5, 5.41) is 13.3. The third-order valence-corrected chi connectivity index (χ3v) is 12.0. The molecule has 0 saturated carbocycles. The molecule has 0 radical (unpaired) electrons. The summed E-state index contributed by atoms with van der Waals surface area (Å²) in [6.07, 6.45) is 2.29. The third kappa shape index (κ3) is 5.45. The molecule has 0 aliphatic heterocycles. The molecule has 0 amide bonds. The molecular formula is C39H30N2Si. The van der Waals surface area contributed by atoms with Crippen molar-refractivity contribution in [3.63, 3.8) is 0 Å². The van der Waals surface area contributed by atoms with Crippen molar-refractivity contribution >= 4 is 46.8 Å². The Bertz CT molecular complexity index is 1700. The predicted molar refractivity (Wildman–Crippen MR) is 179 cm³/mol. The van der Waals surface area contributed by atoms with E-state index in [0.29, 0.717) is 5.56 Å². The SMILES string of the molecule is N#Cc1ccc(N(c2ccccc2)c2ccc(/C=C/[Si](c3ccccc3)(c3ccccc3)c3ccccc3)cc2)cc1. The predicted octanol–water partition coefficient (Wildman–Crippen LogP) is 7.75. The average molecular weight is 555 g/mol. The quantitative estimate of drug-likeness (QED) is 0.142. The van der Waals surface area contributed by atoms with Crippen LogP contribution in [0, 0.1) is 11.3 Å². The number of benzene rings is 6. The Morgan fingerprint density at radius 2 is 0.833 bits per heavy atom. The van der Waals surface area contributed by atoms with Gasteiger partial charge in [-0.15, -0.1) is 0 Å². The Kier molecular flexibility index (Phi) is 7.90. The molecule has 200 valence electrons. The van der Waals surface area contributed by atoms with E-state index in [4.69, 9.17) is 0 Å². The zero-order valence-electron chi connectivity index (χ0n) is 23.2. The van der Waals surface area contributed by atoms with Gasteiger partial charge in [-0.2, -0.15) is 5.26 Å².